The first-order valence-electron chi connectivity index (χ1n) is 11.8. The number of aromatic hydroxyl groups is 1. The summed E-state index contributed by atoms with van der Waals surface area (Å²) in [7, 11) is 1.44. The van der Waals surface area contributed by atoms with Gasteiger partial charge in [-0.1, -0.05) is 65.9 Å². The van der Waals surface area contributed by atoms with Crippen molar-refractivity contribution in [3.8, 4) is 11.5 Å². The van der Waals surface area contributed by atoms with Crippen LogP contribution in [0.25, 0.3) is 11.8 Å². The second-order valence-electron chi connectivity index (χ2n) is 8.38. The number of methoxy groups -OCH3 is 1. The molecule has 192 valence electrons. The number of halogens is 1. The Hall–Kier alpha value is -4.50. The van der Waals surface area contributed by atoms with Crippen LogP contribution in [-0.2, 0) is 9.53 Å². The van der Waals surface area contributed by atoms with Gasteiger partial charge in [-0.25, -0.2) is 14.2 Å². The van der Waals surface area contributed by atoms with Gasteiger partial charge in [0.15, 0.2) is 16.3 Å². The molecular formula is C29H23FN2O5S. The number of thiazole rings is 1. The highest BCUT2D eigenvalue weighted by molar-refractivity contribution is 7.07. The zero-order chi connectivity index (χ0) is 26.8. The molecule has 7 nitrogen and oxygen atoms in total. The highest BCUT2D eigenvalue weighted by Gasteiger charge is 2.35. The number of phenols is 1. The first kappa shape index (κ1) is 25.2. The lowest BCUT2D eigenvalue weighted by Gasteiger charge is -2.25. The Morgan fingerprint density at radius 2 is 1.84 bits per heavy atom. The molecule has 0 bridgehead atoms. The summed E-state index contributed by atoms with van der Waals surface area (Å²) < 4.78 is 26.2. The molecular weight excluding hydrogens is 507 g/mol. The molecule has 1 atom stereocenters. The fourth-order valence-corrected chi connectivity index (χ4v) is 5.35. The van der Waals surface area contributed by atoms with Gasteiger partial charge in [0.2, 0.25) is 0 Å². The third-order valence-electron chi connectivity index (χ3n) is 6.10. The van der Waals surface area contributed by atoms with Crippen molar-refractivity contribution in [1.29, 1.82) is 0 Å². The van der Waals surface area contributed by atoms with Crippen LogP contribution in [0.2, 0.25) is 0 Å². The molecule has 1 aliphatic heterocycles. The Labute approximate surface area is 221 Å². The number of phenolic OH excluding ortho intramolecular Hbond substituents is 1. The van der Waals surface area contributed by atoms with Crippen molar-refractivity contribution >= 4 is 29.1 Å². The summed E-state index contributed by atoms with van der Waals surface area (Å²) in [5.74, 6) is -0.900. The molecule has 0 amide bonds. The average molecular weight is 531 g/mol. The van der Waals surface area contributed by atoms with Crippen LogP contribution in [0.4, 0.5) is 4.39 Å². The van der Waals surface area contributed by atoms with Gasteiger partial charge in [0.05, 0.1) is 35.6 Å². The van der Waals surface area contributed by atoms with Crippen molar-refractivity contribution in [1.82, 2.24) is 4.57 Å². The predicted molar refractivity (Wildman–Crippen MR) is 142 cm³/mol. The summed E-state index contributed by atoms with van der Waals surface area (Å²) in [4.78, 5) is 32.3. The number of rotatable bonds is 6. The van der Waals surface area contributed by atoms with E-state index in [1.165, 1.54) is 23.8 Å². The number of carbonyl (C=O) groups excluding carboxylic acids is 1. The first-order chi connectivity index (χ1) is 18.4. The Kier molecular flexibility index (Phi) is 6.93. The minimum atomic E-state index is -0.915. The second kappa shape index (κ2) is 10.5. The topological polar surface area (TPSA) is 90.1 Å². The van der Waals surface area contributed by atoms with Gasteiger partial charge in [0.25, 0.3) is 5.56 Å². The van der Waals surface area contributed by atoms with Crippen molar-refractivity contribution < 1.29 is 23.8 Å². The lowest BCUT2D eigenvalue weighted by molar-refractivity contribution is -0.138. The van der Waals surface area contributed by atoms with Crippen LogP contribution in [0.15, 0.2) is 88.2 Å². The molecule has 4 aromatic rings. The number of carbonyl (C=O) groups is 1. The highest BCUT2D eigenvalue weighted by atomic mass is 32.1. The third-order valence-corrected chi connectivity index (χ3v) is 7.08. The van der Waals surface area contributed by atoms with Crippen LogP contribution in [0, 0.1) is 5.82 Å². The summed E-state index contributed by atoms with van der Waals surface area (Å²) in [5.41, 5.74) is 1.71. The normalized spacial score (nSPS) is 15.1. The molecule has 38 heavy (non-hydrogen) atoms. The van der Waals surface area contributed by atoms with E-state index in [9.17, 15) is 19.1 Å². The van der Waals surface area contributed by atoms with E-state index in [2.05, 4.69) is 0 Å². The lowest BCUT2D eigenvalue weighted by Crippen LogP contribution is -2.40. The maximum absolute atomic E-state index is 13.9. The van der Waals surface area contributed by atoms with Gasteiger partial charge in [-0.15, -0.1) is 0 Å². The van der Waals surface area contributed by atoms with Gasteiger partial charge in [-0.05, 0) is 36.8 Å². The smallest absolute Gasteiger partial charge is 0.338 e. The lowest BCUT2D eigenvalue weighted by atomic mass is 9.93. The number of fused-ring (bicyclic) bond motifs is 1. The average Bonchev–Trinajstić information content (AvgIpc) is 3.24. The Morgan fingerprint density at radius 1 is 1.11 bits per heavy atom. The van der Waals surface area contributed by atoms with E-state index in [0.29, 0.717) is 27.2 Å². The number of nitrogens with zero attached hydrogens (tertiary/aromatic N) is 2. The van der Waals surface area contributed by atoms with E-state index in [4.69, 9.17) is 14.5 Å². The fourth-order valence-electron chi connectivity index (χ4n) is 4.36. The van der Waals surface area contributed by atoms with Gasteiger partial charge in [0.1, 0.15) is 5.82 Å². The Morgan fingerprint density at radius 3 is 2.53 bits per heavy atom. The molecule has 0 aliphatic carbocycles. The zero-order valence-electron chi connectivity index (χ0n) is 20.6. The van der Waals surface area contributed by atoms with Crippen LogP contribution >= 0.6 is 11.3 Å². The molecule has 0 unspecified atom stereocenters. The van der Waals surface area contributed by atoms with E-state index >= 15 is 0 Å². The van der Waals surface area contributed by atoms with E-state index in [-0.39, 0.29) is 28.2 Å². The molecule has 0 spiro atoms. The van der Waals surface area contributed by atoms with Crippen molar-refractivity contribution in [2.75, 3.05) is 13.7 Å². The summed E-state index contributed by atoms with van der Waals surface area (Å²) >= 11 is 1.12. The third kappa shape index (κ3) is 4.52. The number of benzene rings is 3. The van der Waals surface area contributed by atoms with E-state index in [1.54, 1.807) is 43.3 Å². The van der Waals surface area contributed by atoms with Crippen LogP contribution in [-0.4, -0.2) is 29.4 Å². The standard InChI is InChI=1S/C29H23FN2O5S/c1-3-37-28(35)23-24(17-8-5-4-6-9-17)31-29-32(25(23)18-12-14-20(30)15-13-18)27(34)22(38-29)16-19-10-7-11-21(36-2)26(19)33/h4-16,25,33H,3H2,1-2H3/b22-16-/t25-/m1/s1. The van der Waals surface area contributed by atoms with Crippen LogP contribution in [0.1, 0.15) is 29.7 Å². The molecule has 0 fully saturated rings. The summed E-state index contributed by atoms with van der Waals surface area (Å²) in [6.45, 7) is 1.82. The molecule has 0 radical (unpaired) electrons. The minimum absolute atomic E-state index is 0.104. The minimum Gasteiger partial charge on any atom is -0.504 e. The van der Waals surface area contributed by atoms with Gasteiger partial charge in [-0.2, -0.15) is 0 Å². The SMILES string of the molecule is CCOC(=O)C1=C(c2ccccc2)N=c2s/c(=C\c3cccc(OC)c3O)c(=O)n2[C@@H]1c1ccc(F)cc1. The summed E-state index contributed by atoms with van der Waals surface area (Å²) in [5, 5.41) is 10.6. The van der Waals surface area contributed by atoms with E-state index in [1.807, 2.05) is 30.3 Å². The van der Waals surface area contributed by atoms with Crippen molar-refractivity contribution in [3.63, 3.8) is 0 Å². The highest BCUT2D eigenvalue weighted by Crippen LogP contribution is 2.35. The number of hydrogen-bond donors (Lipinski definition) is 1. The predicted octanol–water partition coefficient (Wildman–Crippen LogP) is 3.79. The quantitative estimate of drug-likeness (QED) is 0.383. The van der Waals surface area contributed by atoms with Crippen molar-refractivity contribution in [2.45, 2.75) is 13.0 Å². The van der Waals surface area contributed by atoms with Gasteiger partial charge >= 0.3 is 5.97 Å². The van der Waals surface area contributed by atoms with Crippen molar-refractivity contribution in [3.05, 3.63) is 121 Å². The van der Waals surface area contributed by atoms with Crippen LogP contribution < -0.4 is 19.6 Å². The van der Waals surface area contributed by atoms with E-state index in [0.717, 1.165) is 11.3 Å². The van der Waals surface area contributed by atoms with Gasteiger partial charge < -0.3 is 14.6 Å². The first-order valence-corrected chi connectivity index (χ1v) is 12.6. The maximum Gasteiger partial charge on any atom is 0.338 e. The molecule has 5 rings (SSSR count). The molecule has 0 saturated heterocycles. The van der Waals surface area contributed by atoms with Crippen LogP contribution in [0.3, 0.4) is 0 Å². The molecule has 2 heterocycles. The van der Waals surface area contributed by atoms with Crippen molar-refractivity contribution in [2.24, 2.45) is 4.99 Å². The number of ether oxygens (including phenoxy) is 2. The Bertz CT molecular complexity index is 1720. The largest absolute Gasteiger partial charge is 0.504 e. The maximum atomic E-state index is 13.9. The van der Waals surface area contributed by atoms with Crippen LogP contribution in [0.5, 0.6) is 11.5 Å². The second-order valence-corrected chi connectivity index (χ2v) is 9.39. The molecule has 0 saturated carbocycles. The monoisotopic (exact) mass is 530 g/mol. The molecule has 1 N–H and O–H groups in total. The molecule has 1 aromatic heterocycles. The number of aromatic nitrogens is 1. The number of hydrogen-bond acceptors (Lipinski definition) is 7. The van der Waals surface area contributed by atoms with E-state index < -0.39 is 23.4 Å². The zero-order valence-corrected chi connectivity index (χ0v) is 21.4. The molecule has 3 aromatic carbocycles. The fraction of sp³-hybridized carbons (Fsp3) is 0.138. The summed E-state index contributed by atoms with van der Waals surface area (Å²) in [6.07, 6.45) is 1.56. The molecule has 9 heteroatoms. The number of esters is 1. The van der Waals surface area contributed by atoms with Gasteiger partial charge in [-0.3, -0.25) is 9.36 Å². The number of para-hydroxylation sites is 1. The summed E-state index contributed by atoms with van der Waals surface area (Å²) in [6, 6.07) is 18.9. The Balaban J connectivity index is 1.83. The molecule has 1 aliphatic rings. The van der Waals surface area contributed by atoms with Gasteiger partial charge in [0, 0.05) is 11.1 Å².